The summed E-state index contributed by atoms with van der Waals surface area (Å²) in [5.41, 5.74) is 0.672. The second kappa shape index (κ2) is 5.19. The summed E-state index contributed by atoms with van der Waals surface area (Å²) in [4.78, 5) is 14.9. The molecule has 0 aliphatic rings. The second-order valence-corrected chi connectivity index (χ2v) is 3.53. The van der Waals surface area contributed by atoms with Crippen LogP contribution >= 0.6 is 27.5 Å². The Labute approximate surface area is 89.6 Å². The van der Waals surface area contributed by atoms with Crippen LogP contribution in [0.2, 0.25) is 5.15 Å². The molecule has 1 N–H and O–H groups in total. The molecule has 0 saturated carbocycles. The smallest absolute Gasteiger partial charge is 0.225 e. The molecule has 5 heteroatoms. The summed E-state index contributed by atoms with van der Waals surface area (Å²) in [5, 5.41) is 3.71. The molecule has 70 valence electrons. The van der Waals surface area contributed by atoms with E-state index in [4.69, 9.17) is 11.6 Å². The highest BCUT2D eigenvalue weighted by molar-refractivity contribution is 9.09. The van der Waals surface area contributed by atoms with Gasteiger partial charge in [0.15, 0.2) is 0 Å². The lowest BCUT2D eigenvalue weighted by molar-refractivity contribution is -0.115. The number of nitrogens with one attached hydrogen (secondary N) is 1. The molecule has 0 saturated heterocycles. The number of amides is 1. The van der Waals surface area contributed by atoms with Gasteiger partial charge in [0.05, 0.1) is 0 Å². The molecule has 0 spiro atoms. The Morgan fingerprint density at radius 3 is 3.08 bits per heavy atom. The normalized spacial score (nSPS) is 9.69. The van der Waals surface area contributed by atoms with Crippen molar-refractivity contribution < 1.29 is 4.79 Å². The molecule has 3 nitrogen and oxygen atoms in total. The van der Waals surface area contributed by atoms with Gasteiger partial charge in [0, 0.05) is 23.6 Å². The number of rotatable bonds is 3. The van der Waals surface area contributed by atoms with Crippen molar-refractivity contribution in [3.05, 3.63) is 23.5 Å². The largest absolute Gasteiger partial charge is 0.326 e. The van der Waals surface area contributed by atoms with Gasteiger partial charge in [0.2, 0.25) is 5.91 Å². The van der Waals surface area contributed by atoms with Crippen molar-refractivity contribution in [1.29, 1.82) is 0 Å². The molecule has 0 aromatic carbocycles. The first-order chi connectivity index (χ1) is 6.22. The maximum Gasteiger partial charge on any atom is 0.225 e. The molecule has 1 aromatic rings. The van der Waals surface area contributed by atoms with Crippen LogP contribution in [-0.4, -0.2) is 16.2 Å². The van der Waals surface area contributed by atoms with Crippen molar-refractivity contribution >= 4 is 39.1 Å². The Bertz CT molecular complexity index is 306. The van der Waals surface area contributed by atoms with Gasteiger partial charge in [-0.25, -0.2) is 4.98 Å². The molecular weight excluding hydrogens is 255 g/mol. The number of carbonyl (C=O) groups is 1. The molecule has 0 unspecified atom stereocenters. The van der Waals surface area contributed by atoms with Gasteiger partial charge in [-0.1, -0.05) is 27.5 Å². The average Bonchev–Trinajstić information content (AvgIpc) is 2.04. The predicted octanol–water partition coefficient (Wildman–Crippen LogP) is 2.46. The summed E-state index contributed by atoms with van der Waals surface area (Å²) in [5.74, 6) is -0.0425. The minimum atomic E-state index is -0.0425. The maximum absolute atomic E-state index is 11.1. The molecular formula is C8H8BrClN2O. The third-order valence-corrected chi connectivity index (χ3v) is 1.94. The summed E-state index contributed by atoms with van der Waals surface area (Å²) < 4.78 is 0. The summed E-state index contributed by atoms with van der Waals surface area (Å²) >= 11 is 8.81. The van der Waals surface area contributed by atoms with Crippen LogP contribution in [0.3, 0.4) is 0 Å². The Balaban J connectivity index is 2.58. The molecule has 1 amide bonds. The van der Waals surface area contributed by atoms with Crippen molar-refractivity contribution in [2.24, 2.45) is 0 Å². The van der Waals surface area contributed by atoms with E-state index in [1.165, 1.54) is 0 Å². The van der Waals surface area contributed by atoms with Crippen LogP contribution in [-0.2, 0) is 4.79 Å². The Hall–Kier alpha value is -0.610. The molecule has 1 aromatic heterocycles. The highest BCUT2D eigenvalue weighted by Crippen LogP contribution is 2.11. The number of aromatic nitrogens is 1. The fourth-order valence-corrected chi connectivity index (χ4v) is 1.32. The Morgan fingerprint density at radius 2 is 2.46 bits per heavy atom. The van der Waals surface area contributed by atoms with Crippen LogP contribution in [0.25, 0.3) is 0 Å². The quantitative estimate of drug-likeness (QED) is 0.672. The summed E-state index contributed by atoms with van der Waals surface area (Å²) in [6.45, 7) is 0. The zero-order valence-electron chi connectivity index (χ0n) is 6.76. The monoisotopic (exact) mass is 262 g/mol. The average molecular weight is 264 g/mol. The Kier molecular flexibility index (Phi) is 4.18. The van der Waals surface area contributed by atoms with Gasteiger partial charge in [-0.3, -0.25) is 4.79 Å². The minimum Gasteiger partial charge on any atom is -0.326 e. The first kappa shape index (κ1) is 10.5. The first-order valence-electron chi connectivity index (χ1n) is 3.70. The fraction of sp³-hybridized carbons (Fsp3) is 0.250. The topological polar surface area (TPSA) is 42.0 Å². The third kappa shape index (κ3) is 3.74. The van der Waals surface area contributed by atoms with E-state index in [2.05, 4.69) is 26.2 Å². The summed E-state index contributed by atoms with van der Waals surface area (Å²) in [7, 11) is 0. The van der Waals surface area contributed by atoms with Gasteiger partial charge in [0.25, 0.3) is 0 Å². The molecule has 1 heterocycles. The molecule has 0 aliphatic carbocycles. The highest BCUT2D eigenvalue weighted by atomic mass is 79.9. The van der Waals surface area contributed by atoms with Crippen LogP contribution in [0.15, 0.2) is 18.3 Å². The van der Waals surface area contributed by atoms with Crippen LogP contribution < -0.4 is 5.32 Å². The van der Waals surface area contributed by atoms with Gasteiger partial charge >= 0.3 is 0 Å². The second-order valence-electron chi connectivity index (χ2n) is 2.35. The Morgan fingerprint density at radius 1 is 1.69 bits per heavy atom. The SMILES string of the molecule is O=C(CCBr)Nc1ccnc(Cl)c1. The van der Waals surface area contributed by atoms with E-state index in [9.17, 15) is 4.79 Å². The lowest BCUT2D eigenvalue weighted by Crippen LogP contribution is -2.11. The number of hydrogen-bond acceptors (Lipinski definition) is 2. The van der Waals surface area contributed by atoms with E-state index in [1.807, 2.05) is 0 Å². The lowest BCUT2D eigenvalue weighted by Gasteiger charge is -2.02. The van der Waals surface area contributed by atoms with Crippen molar-refractivity contribution in [2.75, 3.05) is 10.6 Å². The molecule has 0 atom stereocenters. The number of pyridine rings is 1. The van der Waals surface area contributed by atoms with Gasteiger partial charge < -0.3 is 5.32 Å². The van der Waals surface area contributed by atoms with Crippen molar-refractivity contribution in [3.8, 4) is 0 Å². The number of anilines is 1. The lowest BCUT2D eigenvalue weighted by atomic mass is 10.4. The summed E-state index contributed by atoms with van der Waals surface area (Å²) in [6.07, 6.45) is 1.99. The number of hydrogen-bond donors (Lipinski definition) is 1. The number of nitrogens with zero attached hydrogens (tertiary/aromatic N) is 1. The molecule has 0 fully saturated rings. The zero-order chi connectivity index (χ0) is 9.68. The third-order valence-electron chi connectivity index (χ3n) is 1.33. The standard InChI is InChI=1S/C8H8BrClN2O/c9-3-1-8(13)12-6-2-4-11-7(10)5-6/h2,4-5H,1,3H2,(H,11,12,13). The number of alkyl halides is 1. The van der Waals surface area contributed by atoms with Crippen LogP contribution in [0.5, 0.6) is 0 Å². The molecule has 0 bridgehead atoms. The van der Waals surface area contributed by atoms with E-state index in [-0.39, 0.29) is 5.91 Å². The molecule has 1 rings (SSSR count). The van der Waals surface area contributed by atoms with Crippen molar-refractivity contribution in [3.63, 3.8) is 0 Å². The highest BCUT2D eigenvalue weighted by Gasteiger charge is 2.00. The first-order valence-corrected chi connectivity index (χ1v) is 5.19. The summed E-state index contributed by atoms with van der Waals surface area (Å²) in [6, 6.07) is 3.30. The minimum absolute atomic E-state index is 0.0425. The zero-order valence-corrected chi connectivity index (χ0v) is 9.10. The van der Waals surface area contributed by atoms with E-state index < -0.39 is 0 Å². The number of carbonyl (C=O) groups excluding carboxylic acids is 1. The van der Waals surface area contributed by atoms with Crippen molar-refractivity contribution in [1.82, 2.24) is 4.98 Å². The van der Waals surface area contributed by atoms with Gasteiger partial charge in [-0.2, -0.15) is 0 Å². The van der Waals surface area contributed by atoms with Crippen molar-refractivity contribution in [2.45, 2.75) is 6.42 Å². The van der Waals surface area contributed by atoms with E-state index in [0.29, 0.717) is 22.6 Å². The fourth-order valence-electron chi connectivity index (χ4n) is 0.790. The van der Waals surface area contributed by atoms with Gasteiger partial charge in [0.1, 0.15) is 5.15 Å². The van der Waals surface area contributed by atoms with Crippen LogP contribution in [0, 0.1) is 0 Å². The van der Waals surface area contributed by atoms with Crippen LogP contribution in [0.1, 0.15) is 6.42 Å². The van der Waals surface area contributed by atoms with E-state index >= 15 is 0 Å². The predicted molar refractivity (Wildman–Crippen MR) is 56.3 cm³/mol. The molecule has 0 aliphatic heterocycles. The maximum atomic E-state index is 11.1. The van der Waals surface area contributed by atoms with E-state index in [1.54, 1.807) is 18.3 Å². The molecule has 0 radical (unpaired) electrons. The van der Waals surface area contributed by atoms with Gasteiger partial charge in [-0.15, -0.1) is 0 Å². The van der Waals surface area contributed by atoms with E-state index in [0.717, 1.165) is 0 Å². The number of halogens is 2. The van der Waals surface area contributed by atoms with Gasteiger partial charge in [-0.05, 0) is 12.1 Å². The molecule has 13 heavy (non-hydrogen) atoms. The van der Waals surface area contributed by atoms with Crippen LogP contribution in [0.4, 0.5) is 5.69 Å².